The van der Waals surface area contributed by atoms with E-state index < -0.39 is 38.5 Å². The summed E-state index contributed by atoms with van der Waals surface area (Å²) >= 11 is 0. The molecule has 5 saturated heterocycles. The monoisotopic (exact) mass is 1060 g/mol. The quantitative estimate of drug-likeness (QED) is 0.0924. The molecule has 5 atom stereocenters. The molecule has 5 aromatic rings. The SMILES string of the molecule is Cc1ccccc1[C@@H]1CN([C@@H]2CCCOC2)CCN1C1CC2(CCN(c3ccc(C(N)=O)c(N4c5cc6cc[nH]c6nc5O[C@H]5COCC[C@@H]54)c3S(=O)(=O)c3cc4c(c([N+](=O)[O-])c3)N[C@H](C3CCOCC3)CO4)CC2)C1. The zero-order valence-electron chi connectivity index (χ0n) is 43.0. The number of primary amides is 1. The number of piperidine rings is 1. The second-order valence-electron chi connectivity index (χ2n) is 22.5. The number of anilines is 4. The van der Waals surface area contributed by atoms with Gasteiger partial charge >= 0.3 is 0 Å². The number of aromatic amines is 1. The molecule has 1 saturated carbocycles. The fraction of sp³-hybridized carbons (Fsp3) is 0.536. The number of pyridine rings is 1. The number of aryl methyl sites for hydroxylation is 1. The Balaban J connectivity index is 0.876. The first-order chi connectivity index (χ1) is 36.9. The van der Waals surface area contributed by atoms with Gasteiger partial charge in [-0.15, -0.1) is 0 Å². The van der Waals surface area contributed by atoms with E-state index in [0.717, 1.165) is 89.2 Å². The molecule has 4 N–H and O–H groups in total. The van der Waals surface area contributed by atoms with Gasteiger partial charge < -0.3 is 49.5 Å². The Hall–Kier alpha value is -6.03. The van der Waals surface area contributed by atoms with Crippen LogP contribution in [0.15, 0.2) is 76.7 Å². The molecule has 19 nitrogen and oxygen atoms in total. The topological polar surface area (TPSA) is 220 Å². The second-order valence-corrected chi connectivity index (χ2v) is 24.4. The third-order valence-electron chi connectivity index (χ3n) is 18.3. The van der Waals surface area contributed by atoms with E-state index in [-0.39, 0.29) is 75.0 Å². The number of amides is 1. The summed E-state index contributed by atoms with van der Waals surface area (Å²) in [6, 6.07) is 18.8. The Kier molecular flexibility index (Phi) is 12.9. The first kappa shape index (κ1) is 49.5. The van der Waals surface area contributed by atoms with Crippen molar-refractivity contribution in [3.05, 3.63) is 93.7 Å². The number of carbonyl (C=O) groups is 1. The Morgan fingerprint density at radius 3 is 2.46 bits per heavy atom. The van der Waals surface area contributed by atoms with Crippen LogP contribution >= 0.6 is 0 Å². The maximum atomic E-state index is 16.2. The highest BCUT2D eigenvalue weighted by molar-refractivity contribution is 7.91. The average Bonchev–Trinajstić information content (AvgIpc) is 4.05. The first-order valence-corrected chi connectivity index (χ1v) is 28.8. The number of piperazine rings is 1. The molecule has 1 aliphatic carbocycles. The minimum absolute atomic E-state index is 0.0195. The van der Waals surface area contributed by atoms with Crippen molar-refractivity contribution in [2.24, 2.45) is 17.1 Å². The summed E-state index contributed by atoms with van der Waals surface area (Å²) in [7, 11) is -4.78. The minimum Gasteiger partial charge on any atom is -0.489 e. The Bertz CT molecular complexity index is 3160. The van der Waals surface area contributed by atoms with Crippen molar-refractivity contribution in [2.45, 2.75) is 111 Å². The van der Waals surface area contributed by atoms with Gasteiger partial charge in [0, 0.05) is 101 Å². The maximum Gasteiger partial charge on any atom is 0.297 e. The fourth-order valence-corrected chi connectivity index (χ4v) is 15.8. The summed E-state index contributed by atoms with van der Waals surface area (Å²) in [5.41, 5.74) is 10.3. The molecule has 76 heavy (non-hydrogen) atoms. The number of hydrogen-bond donors (Lipinski definition) is 3. The van der Waals surface area contributed by atoms with Gasteiger partial charge in [-0.1, -0.05) is 24.3 Å². The number of nitrogens with zero attached hydrogens (tertiary/aromatic N) is 6. The molecule has 3 aromatic carbocycles. The van der Waals surface area contributed by atoms with Crippen LogP contribution in [0.1, 0.15) is 85.3 Å². The number of nitro groups is 1. The average molecular weight is 1060 g/mol. The number of nitrogens with two attached hydrogens (primary N) is 1. The minimum atomic E-state index is -4.78. The van der Waals surface area contributed by atoms with Crippen LogP contribution in [0.25, 0.3) is 11.0 Å². The highest BCUT2D eigenvalue weighted by atomic mass is 32.2. The number of H-pyrrole nitrogens is 1. The Morgan fingerprint density at radius 1 is 0.882 bits per heavy atom. The van der Waals surface area contributed by atoms with Gasteiger partial charge in [0.05, 0.1) is 52.1 Å². The normalized spacial score (nSPS) is 26.4. The Morgan fingerprint density at radius 2 is 1.68 bits per heavy atom. The van der Waals surface area contributed by atoms with Crippen LogP contribution in [-0.2, 0) is 24.0 Å². The van der Waals surface area contributed by atoms with E-state index in [1.165, 1.54) is 23.6 Å². The van der Waals surface area contributed by atoms with Crippen molar-refractivity contribution < 1.29 is 41.8 Å². The fourth-order valence-electron chi connectivity index (χ4n) is 14.1. The van der Waals surface area contributed by atoms with Gasteiger partial charge in [0.15, 0.2) is 11.4 Å². The maximum absolute atomic E-state index is 16.2. The molecule has 0 bridgehead atoms. The lowest BCUT2D eigenvalue weighted by molar-refractivity contribution is -0.384. The lowest BCUT2D eigenvalue weighted by Crippen LogP contribution is -2.61. The third-order valence-corrected chi connectivity index (χ3v) is 20.1. The predicted octanol–water partition coefficient (Wildman–Crippen LogP) is 7.29. The number of nitro benzene ring substituents is 1. The molecule has 0 radical (unpaired) electrons. The summed E-state index contributed by atoms with van der Waals surface area (Å²) in [5, 5.41) is 17.2. The van der Waals surface area contributed by atoms with Gasteiger partial charge in [-0.05, 0) is 111 Å². The largest absolute Gasteiger partial charge is 0.489 e. The van der Waals surface area contributed by atoms with Crippen molar-refractivity contribution in [3.8, 4) is 11.6 Å². The van der Waals surface area contributed by atoms with Crippen molar-refractivity contribution in [1.29, 1.82) is 0 Å². The number of hydrogen-bond acceptors (Lipinski definition) is 16. The summed E-state index contributed by atoms with van der Waals surface area (Å²) < 4.78 is 62.9. The Labute approximate surface area is 442 Å². The van der Waals surface area contributed by atoms with E-state index in [0.29, 0.717) is 68.4 Å². The molecule has 0 unspecified atom stereocenters. The molecule has 7 aliphatic heterocycles. The molecule has 6 fully saturated rings. The smallest absolute Gasteiger partial charge is 0.297 e. The van der Waals surface area contributed by atoms with Crippen molar-refractivity contribution in [3.63, 3.8) is 0 Å². The molecule has 9 heterocycles. The predicted molar refractivity (Wildman–Crippen MR) is 285 cm³/mol. The van der Waals surface area contributed by atoms with Crippen LogP contribution in [0.2, 0.25) is 0 Å². The van der Waals surface area contributed by atoms with Crippen molar-refractivity contribution in [2.75, 3.05) is 94.1 Å². The van der Waals surface area contributed by atoms with Gasteiger partial charge in [-0.2, -0.15) is 4.98 Å². The highest BCUT2D eigenvalue weighted by Crippen LogP contribution is 2.56. The van der Waals surface area contributed by atoms with Gasteiger partial charge in [0.2, 0.25) is 15.7 Å². The molecule has 1 amide bonds. The number of benzene rings is 3. The van der Waals surface area contributed by atoms with E-state index in [4.69, 9.17) is 34.4 Å². The van der Waals surface area contributed by atoms with Gasteiger partial charge in [0.1, 0.15) is 28.9 Å². The van der Waals surface area contributed by atoms with Crippen LogP contribution < -0.4 is 30.3 Å². The number of rotatable bonds is 10. The number of carbonyl (C=O) groups excluding carboxylic acids is 1. The molecule has 1 spiro atoms. The van der Waals surface area contributed by atoms with Crippen LogP contribution in [0.4, 0.5) is 28.4 Å². The molecular weight excluding hydrogens is 991 g/mol. The highest BCUT2D eigenvalue weighted by Gasteiger charge is 2.52. The van der Waals surface area contributed by atoms with Crippen molar-refractivity contribution in [1.82, 2.24) is 19.8 Å². The molecule has 2 aromatic heterocycles. The number of fused-ring (bicyclic) bond motifs is 4. The number of nitrogens with one attached hydrogen (secondary N) is 2. The van der Waals surface area contributed by atoms with Gasteiger partial charge in [-0.25, -0.2) is 8.42 Å². The van der Waals surface area contributed by atoms with E-state index in [1.54, 1.807) is 18.3 Å². The lowest BCUT2D eigenvalue weighted by Gasteiger charge is -2.59. The van der Waals surface area contributed by atoms with E-state index >= 15 is 8.42 Å². The zero-order chi connectivity index (χ0) is 51.9. The van der Waals surface area contributed by atoms with Gasteiger partial charge in [0.25, 0.3) is 11.6 Å². The van der Waals surface area contributed by atoms with Crippen LogP contribution in [0, 0.1) is 28.4 Å². The van der Waals surface area contributed by atoms with Gasteiger partial charge in [-0.3, -0.25) is 24.7 Å². The standard InChI is InChI=1S/C56H67N9O10S/c1-34-5-2-3-7-40(34)47-30-62(37-6-4-21-72-31-37)19-20-63(47)38-28-56(29-38)14-17-61(18-15-56)44-9-8-41(53(57)66)51(64-43-13-24-73-33-49(43)75-55-46(64)25-36-10-16-58-54(36)60-55)52(44)76(69,70)39-26-45(65(67)68)50-48(27-39)74-32-42(59-50)35-11-22-71-23-12-35/h2-3,5,7-10,16,25-27,35,37-38,42-43,47,49,59H,4,6,11-15,17-24,28-33H2,1H3,(H2,57,66)(H,58,60)/t37-,42+,43+,47+,49+/m1/s1. The number of sulfone groups is 1. The molecular formula is C56H67N9O10S. The zero-order valence-corrected chi connectivity index (χ0v) is 43.8. The summed E-state index contributed by atoms with van der Waals surface area (Å²) in [5.74, 6) is -0.369. The van der Waals surface area contributed by atoms with E-state index in [1.807, 2.05) is 17.0 Å². The molecule has 13 rings (SSSR count). The first-order valence-electron chi connectivity index (χ1n) is 27.3. The van der Waals surface area contributed by atoms with Crippen LogP contribution in [-0.4, -0.2) is 148 Å². The molecule has 8 aliphatic rings. The van der Waals surface area contributed by atoms with Crippen LogP contribution in [0.3, 0.4) is 0 Å². The second kappa shape index (κ2) is 19.8. The van der Waals surface area contributed by atoms with E-state index in [9.17, 15) is 14.9 Å². The number of ether oxygens (including phenoxy) is 5. The summed E-state index contributed by atoms with van der Waals surface area (Å²) in [6.45, 7) is 9.84. The molecule has 402 valence electrons. The summed E-state index contributed by atoms with van der Waals surface area (Å²) in [6.07, 6.45) is 9.16. The van der Waals surface area contributed by atoms with E-state index in [2.05, 4.69) is 56.2 Å². The van der Waals surface area contributed by atoms with Crippen LogP contribution in [0.5, 0.6) is 11.6 Å². The third kappa shape index (κ3) is 8.72. The number of aromatic nitrogens is 2. The molecule has 20 heteroatoms. The lowest BCUT2D eigenvalue weighted by atomic mass is 9.59. The van der Waals surface area contributed by atoms with Crippen molar-refractivity contribution >= 4 is 55.2 Å². The summed E-state index contributed by atoms with van der Waals surface area (Å²) in [4.78, 5) is 43.5.